The van der Waals surface area contributed by atoms with E-state index in [0.29, 0.717) is 36.2 Å². The van der Waals surface area contributed by atoms with Gasteiger partial charge in [-0.05, 0) is 55.3 Å². The number of likely N-dealkylation sites (tertiary alicyclic amines) is 1. The van der Waals surface area contributed by atoms with Gasteiger partial charge in [0.15, 0.2) is 11.5 Å². The van der Waals surface area contributed by atoms with Gasteiger partial charge >= 0.3 is 0 Å². The topological polar surface area (TPSA) is 60.0 Å². The minimum Gasteiger partial charge on any atom is -0.495 e. The van der Waals surface area contributed by atoms with E-state index < -0.39 is 0 Å². The molecule has 1 fully saturated rings. The molecule has 4 rings (SSSR count). The summed E-state index contributed by atoms with van der Waals surface area (Å²) in [5.41, 5.74) is 1.73. The molecular weight excluding hydrogens is 380 g/mol. The first-order valence-electron chi connectivity index (χ1n) is 9.41. The molecule has 2 aromatic carbocycles. The summed E-state index contributed by atoms with van der Waals surface area (Å²) < 4.78 is 16.6. The highest BCUT2D eigenvalue weighted by molar-refractivity contribution is 6.31. The Labute approximate surface area is 169 Å². The minimum absolute atomic E-state index is 0.0926. The van der Waals surface area contributed by atoms with Crippen molar-refractivity contribution in [2.45, 2.75) is 18.9 Å². The molecule has 1 amide bonds. The van der Waals surface area contributed by atoms with Gasteiger partial charge in [0.25, 0.3) is 0 Å². The van der Waals surface area contributed by atoms with E-state index in [1.807, 2.05) is 12.1 Å². The lowest BCUT2D eigenvalue weighted by Crippen LogP contribution is -2.33. The number of amides is 1. The molecule has 1 atom stereocenters. The molecule has 0 spiro atoms. The van der Waals surface area contributed by atoms with Gasteiger partial charge in [0, 0.05) is 11.1 Å². The molecule has 2 aliphatic heterocycles. The number of nitrogens with one attached hydrogen (secondary N) is 1. The summed E-state index contributed by atoms with van der Waals surface area (Å²) in [7, 11) is 1.57. The Morgan fingerprint density at radius 1 is 1.21 bits per heavy atom. The number of methoxy groups -OCH3 is 1. The molecule has 1 saturated heterocycles. The van der Waals surface area contributed by atoms with Gasteiger partial charge in [0.05, 0.1) is 19.3 Å². The number of rotatable bonds is 5. The second-order valence-corrected chi connectivity index (χ2v) is 7.36. The predicted octanol–water partition coefficient (Wildman–Crippen LogP) is 3.90. The standard InChI is InChI=1S/C21H23ClN2O4/c1-26-18-7-5-15(22)12-16(18)23-21(25)13-24-8-2-3-17(24)14-4-6-19-20(11-14)28-10-9-27-19/h4-7,11-12,17H,2-3,8-10,13H2,1H3,(H,23,25)/t17-/m0/s1. The van der Waals surface area contributed by atoms with Gasteiger partial charge in [-0.3, -0.25) is 9.69 Å². The van der Waals surface area contributed by atoms with E-state index in [1.54, 1.807) is 25.3 Å². The third-order valence-electron chi connectivity index (χ3n) is 5.10. The van der Waals surface area contributed by atoms with Gasteiger partial charge in [-0.15, -0.1) is 0 Å². The summed E-state index contributed by atoms with van der Waals surface area (Å²) >= 11 is 6.05. The van der Waals surface area contributed by atoms with Crippen LogP contribution in [0.2, 0.25) is 5.02 Å². The van der Waals surface area contributed by atoms with Crippen molar-refractivity contribution >= 4 is 23.2 Å². The van der Waals surface area contributed by atoms with Crippen LogP contribution < -0.4 is 19.5 Å². The Kier molecular flexibility index (Phi) is 5.59. The molecule has 0 aliphatic carbocycles. The van der Waals surface area contributed by atoms with Crippen LogP contribution in [0.25, 0.3) is 0 Å². The van der Waals surface area contributed by atoms with Crippen LogP contribution in [0.4, 0.5) is 5.69 Å². The summed E-state index contributed by atoms with van der Waals surface area (Å²) in [6, 6.07) is 11.4. The Bertz CT molecular complexity index is 873. The van der Waals surface area contributed by atoms with Crippen molar-refractivity contribution in [3.63, 3.8) is 0 Å². The number of benzene rings is 2. The number of fused-ring (bicyclic) bond motifs is 1. The molecule has 0 bridgehead atoms. The molecule has 0 saturated carbocycles. The highest BCUT2D eigenvalue weighted by Crippen LogP contribution is 2.38. The summed E-state index contributed by atoms with van der Waals surface area (Å²) in [6.07, 6.45) is 2.06. The number of carbonyl (C=O) groups is 1. The van der Waals surface area contributed by atoms with Crippen LogP contribution in [0.5, 0.6) is 17.2 Å². The highest BCUT2D eigenvalue weighted by atomic mass is 35.5. The number of nitrogens with zero attached hydrogens (tertiary/aromatic N) is 1. The molecule has 28 heavy (non-hydrogen) atoms. The van der Waals surface area contributed by atoms with Crippen LogP contribution in [0.15, 0.2) is 36.4 Å². The van der Waals surface area contributed by atoms with Crippen molar-refractivity contribution < 1.29 is 19.0 Å². The third-order valence-corrected chi connectivity index (χ3v) is 5.33. The molecule has 0 radical (unpaired) electrons. The fraction of sp³-hybridized carbons (Fsp3) is 0.381. The second-order valence-electron chi connectivity index (χ2n) is 6.92. The van der Waals surface area contributed by atoms with E-state index in [2.05, 4.69) is 16.3 Å². The average Bonchev–Trinajstić information content (AvgIpc) is 3.15. The van der Waals surface area contributed by atoms with E-state index in [9.17, 15) is 4.79 Å². The smallest absolute Gasteiger partial charge is 0.238 e. The number of hydrogen-bond donors (Lipinski definition) is 1. The number of hydrogen-bond acceptors (Lipinski definition) is 5. The van der Waals surface area contributed by atoms with Crippen LogP contribution in [-0.2, 0) is 4.79 Å². The second kappa shape index (κ2) is 8.29. The quantitative estimate of drug-likeness (QED) is 0.822. The zero-order valence-corrected chi connectivity index (χ0v) is 16.5. The molecule has 2 aliphatic rings. The van der Waals surface area contributed by atoms with Crippen LogP contribution in [0.1, 0.15) is 24.4 Å². The molecule has 1 N–H and O–H groups in total. The van der Waals surface area contributed by atoms with E-state index in [-0.39, 0.29) is 11.9 Å². The van der Waals surface area contributed by atoms with Crippen molar-refractivity contribution in [2.24, 2.45) is 0 Å². The Hall–Kier alpha value is -2.44. The van der Waals surface area contributed by atoms with Crippen LogP contribution in [-0.4, -0.2) is 44.2 Å². The van der Waals surface area contributed by atoms with E-state index in [0.717, 1.165) is 36.4 Å². The normalized spacial score (nSPS) is 18.7. The molecule has 6 nitrogen and oxygen atoms in total. The van der Waals surface area contributed by atoms with Crippen LogP contribution in [0, 0.1) is 0 Å². The summed E-state index contributed by atoms with van der Waals surface area (Å²) in [5.74, 6) is 2.06. The zero-order valence-electron chi connectivity index (χ0n) is 15.7. The van der Waals surface area contributed by atoms with Gasteiger partial charge < -0.3 is 19.5 Å². The van der Waals surface area contributed by atoms with Gasteiger partial charge in [-0.2, -0.15) is 0 Å². The van der Waals surface area contributed by atoms with Crippen LogP contribution in [0.3, 0.4) is 0 Å². The molecule has 7 heteroatoms. The summed E-state index contributed by atoms with van der Waals surface area (Å²) in [5, 5.41) is 3.46. The van der Waals surface area contributed by atoms with Crippen molar-refractivity contribution in [1.29, 1.82) is 0 Å². The molecule has 2 aromatic rings. The van der Waals surface area contributed by atoms with Gasteiger partial charge in [0.2, 0.25) is 5.91 Å². The molecule has 148 valence electrons. The van der Waals surface area contributed by atoms with Crippen molar-refractivity contribution in [1.82, 2.24) is 4.90 Å². The van der Waals surface area contributed by atoms with Crippen molar-refractivity contribution in [2.75, 3.05) is 38.7 Å². The lowest BCUT2D eigenvalue weighted by atomic mass is 10.0. The molecule has 0 aromatic heterocycles. The van der Waals surface area contributed by atoms with Gasteiger partial charge in [-0.25, -0.2) is 0 Å². The zero-order chi connectivity index (χ0) is 19.5. The maximum atomic E-state index is 12.7. The number of anilines is 1. The summed E-state index contributed by atoms with van der Waals surface area (Å²) in [6.45, 7) is 2.32. The third kappa shape index (κ3) is 4.03. The number of carbonyl (C=O) groups excluding carboxylic acids is 1. The average molecular weight is 403 g/mol. The van der Waals surface area contributed by atoms with Crippen molar-refractivity contribution in [3.8, 4) is 17.2 Å². The maximum absolute atomic E-state index is 12.7. The predicted molar refractivity (Wildman–Crippen MR) is 108 cm³/mol. The number of halogens is 1. The molecular formula is C21H23ClN2O4. The van der Waals surface area contributed by atoms with E-state index in [1.165, 1.54) is 0 Å². The van der Waals surface area contributed by atoms with Crippen molar-refractivity contribution in [3.05, 3.63) is 47.0 Å². The van der Waals surface area contributed by atoms with E-state index >= 15 is 0 Å². The SMILES string of the molecule is COc1ccc(Cl)cc1NC(=O)CN1CCC[C@H]1c1ccc2c(c1)OCCO2. The van der Waals surface area contributed by atoms with Gasteiger partial charge in [-0.1, -0.05) is 17.7 Å². The summed E-state index contributed by atoms with van der Waals surface area (Å²) in [4.78, 5) is 14.9. The molecule has 2 heterocycles. The lowest BCUT2D eigenvalue weighted by molar-refractivity contribution is -0.117. The van der Waals surface area contributed by atoms with E-state index in [4.69, 9.17) is 25.8 Å². The first kappa shape index (κ1) is 18.9. The Morgan fingerprint density at radius 2 is 2.04 bits per heavy atom. The number of ether oxygens (including phenoxy) is 3. The lowest BCUT2D eigenvalue weighted by Gasteiger charge is -2.26. The molecule has 0 unspecified atom stereocenters. The van der Waals surface area contributed by atoms with Crippen LogP contribution >= 0.6 is 11.6 Å². The first-order valence-corrected chi connectivity index (χ1v) is 9.79. The monoisotopic (exact) mass is 402 g/mol. The minimum atomic E-state index is -0.0926. The Morgan fingerprint density at radius 3 is 2.86 bits per heavy atom. The fourth-order valence-corrected chi connectivity index (χ4v) is 3.98. The highest BCUT2D eigenvalue weighted by Gasteiger charge is 2.29. The fourth-order valence-electron chi connectivity index (χ4n) is 3.81. The van der Waals surface area contributed by atoms with Gasteiger partial charge in [0.1, 0.15) is 19.0 Å². The first-order chi connectivity index (χ1) is 13.6. The largest absolute Gasteiger partial charge is 0.495 e. The Balaban J connectivity index is 1.45. The maximum Gasteiger partial charge on any atom is 0.238 e.